The van der Waals surface area contributed by atoms with Crippen LogP contribution in [0.15, 0.2) is 30.3 Å². The molecular weight excluding hydrogens is 236 g/mol. The Labute approximate surface area is 117 Å². The van der Waals surface area contributed by atoms with E-state index in [0.29, 0.717) is 0 Å². The number of unbranched alkanes of at least 4 members (excludes halogenated alkanes) is 6. The van der Waals surface area contributed by atoms with E-state index >= 15 is 0 Å². The standard InChI is InChI=1S/C17H28O2/c1-2-3-4-5-6-7-11-14-17(19-18)15-16-12-9-8-10-13-16/h8-10,12-13,17-18H,2-7,11,14-15H2,1H3. The van der Waals surface area contributed by atoms with E-state index in [2.05, 4.69) is 23.9 Å². The summed E-state index contributed by atoms with van der Waals surface area (Å²) in [5.74, 6) is 0. The average Bonchev–Trinajstić information content (AvgIpc) is 2.46. The molecule has 0 aliphatic heterocycles. The van der Waals surface area contributed by atoms with Crippen molar-refractivity contribution in [3.8, 4) is 0 Å². The number of benzene rings is 1. The van der Waals surface area contributed by atoms with Crippen LogP contribution in [-0.4, -0.2) is 11.4 Å². The van der Waals surface area contributed by atoms with Gasteiger partial charge < -0.3 is 0 Å². The second-order valence-electron chi connectivity index (χ2n) is 5.33. The first kappa shape index (κ1) is 16.2. The molecule has 0 amide bonds. The van der Waals surface area contributed by atoms with Gasteiger partial charge in [-0.2, -0.15) is 0 Å². The molecule has 0 aromatic heterocycles. The van der Waals surface area contributed by atoms with Gasteiger partial charge in [-0.1, -0.05) is 82.2 Å². The third kappa shape index (κ3) is 8.02. The molecule has 1 N–H and O–H groups in total. The number of hydrogen-bond acceptors (Lipinski definition) is 2. The topological polar surface area (TPSA) is 29.5 Å². The molecule has 0 heterocycles. The molecule has 1 atom stereocenters. The SMILES string of the molecule is CCCCCCCCCC(Cc1ccccc1)OO. The Hall–Kier alpha value is -0.860. The smallest absolute Gasteiger partial charge is 0.0967 e. The maximum absolute atomic E-state index is 8.96. The Morgan fingerprint density at radius 2 is 1.58 bits per heavy atom. The molecule has 2 nitrogen and oxygen atoms in total. The molecule has 0 aliphatic carbocycles. The fourth-order valence-corrected chi connectivity index (χ4v) is 2.40. The van der Waals surface area contributed by atoms with E-state index in [9.17, 15) is 0 Å². The summed E-state index contributed by atoms with van der Waals surface area (Å²) in [5.41, 5.74) is 1.23. The maximum atomic E-state index is 8.96. The minimum absolute atomic E-state index is 0.0574. The van der Waals surface area contributed by atoms with Crippen LogP contribution in [0.4, 0.5) is 0 Å². The quantitative estimate of drug-likeness (QED) is 0.337. The van der Waals surface area contributed by atoms with Gasteiger partial charge in [-0.05, 0) is 12.0 Å². The second kappa shape index (κ2) is 11.0. The fourth-order valence-electron chi connectivity index (χ4n) is 2.40. The van der Waals surface area contributed by atoms with Crippen molar-refractivity contribution in [2.45, 2.75) is 70.8 Å². The zero-order chi connectivity index (χ0) is 13.8. The summed E-state index contributed by atoms with van der Waals surface area (Å²) in [6.45, 7) is 2.24. The van der Waals surface area contributed by atoms with E-state index in [1.54, 1.807) is 0 Å². The predicted molar refractivity (Wildman–Crippen MR) is 80.3 cm³/mol. The lowest BCUT2D eigenvalue weighted by Crippen LogP contribution is -2.14. The van der Waals surface area contributed by atoms with Gasteiger partial charge in [-0.15, -0.1) is 0 Å². The molecule has 0 aliphatic rings. The van der Waals surface area contributed by atoms with Gasteiger partial charge in [0.05, 0.1) is 6.10 Å². The van der Waals surface area contributed by atoms with E-state index in [0.717, 1.165) is 19.3 Å². The molecule has 108 valence electrons. The zero-order valence-electron chi connectivity index (χ0n) is 12.2. The van der Waals surface area contributed by atoms with E-state index in [-0.39, 0.29) is 6.10 Å². The van der Waals surface area contributed by atoms with Crippen LogP contribution < -0.4 is 0 Å². The van der Waals surface area contributed by atoms with Gasteiger partial charge in [-0.25, -0.2) is 4.89 Å². The first-order valence-electron chi connectivity index (χ1n) is 7.71. The molecule has 0 bridgehead atoms. The van der Waals surface area contributed by atoms with Crippen molar-refractivity contribution in [3.63, 3.8) is 0 Å². The molecule has 0 radical (unpaired) electrons. The summed E-state index contributed by atoms with van der Waals surface area (Å²) in [6.07, 6.45) is 10.8. The monoisotopic (exact) mass is 264 g/mol. The molecule has 0 spiro atoms. The van der Waals surface area contributed by atoms with E-state index in [1.807, 2.05) is 18.2 Å². The van der Waals surface area contributed by atoms with Crippen molar-refractivity contribution in [1.82, 2.24) is 0 Å². The van der Waals surface area contributed by atoms with Gasteiger partial charge in [0.15, 0.2) is 0 Å². The van der Waals surface area contributed by atoms with Crippen LogP contribution >= 0.6 is 0 Å². The van der Waals surface area contributed by atoms with Crippen LogP contribution in [0, 0.1) is 0 Å². The lowest BCUT2D eigenvalue weighted by molar-refractivity contribution is -0.279. The average molecular weight is 264 g/mol. The van der Waals surface area contributed by atoms with E-state index < -0.39 is 0 Å². The van der Waals surface area contributed by atoms with Crippen molar-refractivity contribution in [3.05, 3.63) is 35.9 Å². The van der Waals surface area contributed by atoms with Crippen molar-refractivity contribution in [2.24, 2.45) is 0 Å². The zero-order valence-corrected chi connectivity index (χ0v) is 12.2. The Bertz CT molecular complexity index is 297. The fraction of sp³-hybridized carbons (Fsp3) is 0.647. The second-order valence-corrected chi connectivity index (χ2v) is 5.33. The van der Waals surface area contributed by atoms with Crippen LogP contribution in [0.25, 0.3) is 0 Å². The van der Waals surface area contributed by atoms with Crippen LogP contribution in [0.2, 0.25) is 0 Å². The molecule has 0 fully saturated rings. The summed E-state index contributed by atoms with van der Waals surface area (Å²) in [7, 11) is 0. The third-order valence-corrected chi connectivity index (χ3v) is 3.58. The van der Waals surface area contributed by atoms with Gasteiger partial charge in [0, 0.05) is 6.42 Å². The highest BCUT2D eigenvalue weighted by molar-refractivity contribution is 5.15. The van der Waals surface area contributed by atoms with Crippen molar-refractivity contribution in [2.75, 3.05) is 0 Å². The highest BCUT2D eigenvalue weighted by atomic mass is 17.1. The van der Waals surface area contributed by atoms with Crippen LogP contribution in [0.3, 0.4) is 0 Å². The van der Waals surface area contributed by atoms with Crippen molar-refractivity contribution in [1.29, 1.82) is 0 Å². The summed E-state index contributed by atoms with van der Waals surface area (Å²) in [5, 5.41) is 8.96. The van der Waals surface area contributed by atoms with Crippen molar-refractivity contribution >= 4 is 0 Å². The summed E-state index contributed by atoms with van der Waals surface area (Å²) in [4.78, 5) is 4.60. The van der Waals surface area contributed by atoms with Gasteiger partial charge in [-0.3, -0.25) is 5.26 Å². The Morgan fingerprint density at radius 3 is 2.21 bits per heavy atom. The highest BCUT2D eigenvalue weighted by Crippen LogP contribution is 2.14. The largest absolute Gasteiger partial charge is 0.252 e. The molecule has 1 aromatic carbocycles. The molecule has 1 rings (SSSR count). The lowest BCUT2D eigenvalue weighted by atomic mass is 10.0. The lowest BCUT2D eigenvalue weighted by Gasteiger charge is -2.13. The molecule has 2 heteroatoms. The molecular formula is C17H28O2. The molecule has 0 saturated carbocycles. The minimum atomic E-state index is -0.0574. The normalized spacial score (nSPS) is 12.5. The van der Waals surface area contributed by atoms with Crippen LogP contribution in [0.5, 0.6) is 0 Å². The summed E-state index contributed by atoms with van der Waals surface area (Å²) in [6, 6.07) is 10.2. The Kier molecular flexibility index (Phi) is 9.38. The maximum Gasteiger partial charge on any atom is 0.0967 e. The Balaban J connectivity index is 2.09. The van der Waals surface area contributed by atoms with E-state index in [1.165, 1.54) is 44.1 Å². The molecule has 19 heavy (non-hydrogen) atoms. The Morgan fingerprint density at radius 1 is 0.947 bits per heavy atom. The van der Waals surface area contributed by atoms with Crippen molar-refractivity contribution < 1.29 is 10.1 Å². The molecule has 1 unspecified atom stereocenters. The minimum Gasteiger partial charge on any atom is -0.252 e. The van der Waals surface area contributed by atoms with Crippen LogP contribution in [-0.2, 0) is 11.3 Å². The number of rotatable bonds is 11. The first-order valence-corrected chi connectivity index (χ1v) is 7.71. The summed E-state index contributed by atoms with van der Waals surface area (Å²) >= 11 is 0. The first-order chi connectivity index (χ1) is 9.36. The highest BCUT2D eigenvalue weighted by Gasteiger charge is 2.09. The molecule has 1 aromatic rings. The van der Waals surface area contributed by atoms with Gasteiger partial charge >= 0.3 is 0 Å². The summed E-state index contributed by atoms with van der Waals surface area (Å²) < 4.78 is 0. The molecule has 0 saturated heterocycles. The third-order valence-electron chi connectivity index (χ3n) is 3.58. The van der Waals surface area contributed by atoms with Crippen LogP contribution in [0.1, 0.15) is 63.9 Å². The van der Waals surface area contributed by atoms with Gasteiger partial charge in [0.25, 0.3) is 0 Å². The predicted octanol–water partition coefficient (Wildman–Crippen LogP) is 5.23. The number of hydrogen-bond donors (Lipinski definition) is 1. The van der Waals surface area contributed by atoms with Gasteiger partial charge in [0.1, 0.15) is 0 Å². The van der Waals surface area contributed by atoms with E-state index in [4.69, 9.17) is 5.26 Å². The van der Waals surface area contributed by atoms with Gasteiger partial charge in [0.2, 0.25) is 0 Å².